The Hall–Kier alpha value is -1.02. The van der Waals surface area contributed by atoms with Crippen molar-refractivity contribution in [1.82, 2.24) is 0 Å². The average Bonchev–Trinajstić information content (AvgIpc) is 2.25. The first-order chi connectivity index (χ1) is 7.29. The number of benzene rings is 1. The number of nitrogens with one attached hydrogen (secondary N) is 1. The van der Waals surface area contributed by atoms with Gasteiger partial charge in [0.15, 0.2) is 0 Å². The zero-order chi connectivity index (χ0) is 10.7. The van der Waals surface area contributed by atoms with Crippen LogP contribution in [0.15, 0.2) is 18.2 Å². The molecule has 0 saturated heterocycles. The lowest BCUT2D eigenvalue weighted by Crippen LogP contribution is -2.26. The maximum absolute atomic E-state index is 5.12. The van der Waals surface area contributed by atoms with Crippen molar-refractivity contribution in [1.29, 1.82) is 0 Å². The number of anilines is 1. The van der Waals surface area contributed by atoms with Crippen LogP contribution in [0.2, 0.25) is 0 Å². The molecule has 1 unspecified atom stereocenters. The van der Waals surface area contributed by atoms with Gasteiger partial charge in [0.05, 0.1) is 0 Å². The van der Waals surface area contributed by atoms with Crippen LogP contribution in [0.4, 0.5) is 5.69 Å². The Balaban J connectivity index is 2.05. The number of fused-ring (bicyclic) bond motifs is 1. The van der Waals surface area contributed by atoms with Crippen molar-refractivity contribution in [2.24, 2.45) is 0 Å². The summed E-state index contributed by atoms with van der Waals surface area (Å²) in [5.74, 6) is 0. The minimum Gasteiger partial charge on any atom is -0.385 e. The second-order valence-corrected chi connectivity index (χ2v) is 4.32. The van der Waals surface area contributed by atoms with Crippen molar-refractivity contribution >= 4 is 5.69 Å². The lowest BCUT2D eigenvalue weighted by Gasteiger charge is -2.27. The van der Waals surface area contributed by atoms with E-state index in [-0.39, 0.29) is 0 Å². The predicted octanol–water partition coefficient (Wildman–Crippen LogP) is 2.76. The number of hydrogen-bond acceptors (Lipinski definition) is 2. The molecule has 0 saturated carbocycles. The van der Waals surface area contributed by atoms with E-state index >= 15 is 0 Å². The summed E-state index contributed by atoms with van der Waals surface area (Å²) in [4.78, 5) is 0. The van der Waals surface area contributed by atoms with Gasteiger partial charge in [0.2, 0.25) is 0 Å². The van der Waals surface area contributed by atoms with E-state index < -0.39 is 0 Å². The predicted molar refractivity (Wildman–Crippen MR) is 63.4 cm³/mol. The lowest BCUT2D eigenvalue weighted by molar-refractivity contribution is 0.188. The topological polar surface area (TPSA) is 21.3 Å². The number of aryl methyl sites for hydroxylation is 2. The molecule has 0 radical (unpaired) electrons. The van der Waals surface area contributed by atoms with Crippen LogP contribution in [0, 0.1) is 6.92 Å². The van der Waals surface area contributed by atoms with Crippen molar-refractivity contribution in [2.45, 2.75) is 32.2 Å². The maximum atomic E-state index is 5.12. The lowest BCUT2D eigenvalue weighted by atomic mass is 9.95. The number of hydrogen-bond donors (Lipinski definition) is 1. The van der Waals surface area contributed by atoms with Crippen molar-refractivity contribution in [3.05, 3.63) is 29.3 Å². The summed E-state index contributed by atoms with van der Waals surface area (Å²) < 4.78 is 5.12. The third-order valence-corrected chi connectivity index (χ3v) is 3.06. The second kappa shape index (κ2) is 4.67. The van der Waals surface area contributed by atoms with E-state index in [1.165, 1.54) is 29.7 Å². The first kappa shape index (κ1) is 10.5. The Morgan fingerprint density at radius 3 is 3.13 bits per heavy atom. The second-order valence-electron chi connectivity index (χ2n) is 4.32. The molecular weight excluding hydrogens is 186 g/mol. The van der Waals surface area contributed by atoms with Crippen molar-refractivity contribution in [2.75, 3.05) is 19.0 Å². The third kappa shape index (κ3) is 2.51. The fourth-order valence-electron chi connectivity index (χ4n) is 2.14. The van der Waals surface area contributed by atoms with E-state index in [0.29, 0.717) is 6.04 Å². The van der Waals surface area contributed by atoms with Gasteiger partial charge in [-0.15, -0.1) is 0 Å². The molecule has 1 aromatic rings. The molecule has 0 amide bonds. The van der Waals surface area contributed by atoms with E-state index in [0.717, 1.165) is 13.0 Å². The highest BCUT2D eigenvalue weighted by molar-refractivity contribution is 5.55. The van der Waals surface area contributed by atoms with Gasteiger partial charge >= 0.3 is 0 Å². The summed E-state index contributed by atoms with van der Waals surface area (Å²) in [5.41, 5.74) is 4.10. The molecule has 15 heavy (non-hydrogen) atoms. The highest BCUT2D eigenvalue weighted by Gasteiger charge is 2.16. The van der Waals surface area contributed by atoms with Crippen LogP contribution in [0.1, 0.15) is 24.0 Å². The zero-order valence-corrected chi connectivity index (χ0v) is 9.55. The van der Waals surface area contributed by atoms with Crippen LogP contribution < -0.4 is 5.32 Å². The summed E-state index contributed by atoms with van der Waals surface area (Å²) in [6.45, 7) is 2.99. The fraction of sp³-hybridized carbons (Fsp3) is 0.538. The molecule has 1 aliphatic rings. The molecule has 2 heteroatoms. The minimum absolute atomic E-state index is 0.583. The van der Waals surface area contributed by atoms with Crippen LogP contribution in [0.3, 0.4) is 0 Å². The van der Waals surface area contributed by atoms with Gasteiger partial charge < -0.3 is 10.1 Å². The molecule has 0 bridgehead atoms. The largest absolute Gasteiger partial charge is 0.385 e. The molecule has 82 valence electrons. The number of ether oxygens (including phenoxy) is 1. The number of methoxy groups -OCH3 is 1. The quantitative estimate of drug-likeness (QED) is 0.819. The van der Waals surface area contributed by atoms with Gasteiger partial charge in [-0.3, -0.25) is 0 Å². The molecule has 2 rings (SSSR count). The van der Waals surface area contributed by atoms with Gasteiger partial charge in [0, 0.05) is 25.4 Å². The van der Waals surface area contributed by atoms with Crippen LogP contribution >= 0.6 is 0 Å². The first-order valence-corrected chi connectivity index (χ1v) is 5.64. The van der Waals surface area contributed by atoms with Gasteiger partial charge in [-0.1, -0.05) is 12.1 Å². The normalized spacial score (nSPS) is 19.5. The zero-order valence-electron chi connectivity index (χ0n) is 9.55. The van der Waals surface area contributed by atoms with Crippen molar-refractivity contribution in [3.63, 3.8) is 0 Å². The first-order valence-electron chi connectivity index (χ1n) is 5.64. The minimum atomic E-state index is 0.583. The Kier molecular flexibility index (Phi) is 3.27. The summed E-state index contributed by atoms with van der Waals surface area (Å²) in [6.07, 6.45) is 3.51. The van der Waals surface area contributed by atoms with Crippen LogP contribution in [-0.4, -0.2) is 19.8 Å². The summed E-state index contributed by atoms with van der Waals surface area (Å²) in [7, 11) is 1.76. The highest BCUT2D eigenvalue weighted by Crippen LogP contribution is 2.26. The van der Waals surface area contributed by atoms with Gasteiger partial charge in [-0.2, -0.15) is 0 Å². The van der Waals surface area contributed by atoms with Crippen LogP contribution in [0.5, 0.6) is 0 Å². The van der Waals surface area contributed by atoms with Crippen molar-refractivity contribution in [3.8, 4) is 0 Å². The maximum Gasteiger partial charge on any atom is 0.0481 e. The van der Waals surface area contributed by atoms with Gasteiger partial charge in [-0.05, 0) is 43.4 Å². The Labute approximate surface area is 91.6 Å². The average molecular weight is 205 g/mol. The van der Waals surface area contributed by atoms with Crippen LogP contribution in [0.25, 0.3) is 0 Å². The molecule has 0 fully saturated rings. The number of rotatable bonds is 3. The third-order valence-electron chi connectivity index (χ3n) is 3.06. The van der Waals surface area contributed by atoms with E-state index in [4.69, 9.17) is 4.74 Å². The molecule has 1 atom stereocenters. The van der Waals surface area contributed by atoms with Gasteiger partial charge in [0.1, 0.15) is 0 Å². The van der Waals surface area contributed by atoms with Crippen LogP contribution in [-0.2, 0) is 11.2 Å². The Morgan fingerprint density at radius 1 is 1.47 bits per heavy atom. The molecule has 1 heterocycles. The molecule has 2 nitrogen and oxygen atoms in total. The fourth-order valence-corrected chi connectivity index (χ4v) is 2.14. The summed E-state index contributed by atoms with van der Waals surface area (Å²) >= 11 is 0. The summed E-state index contributed by atoms with van der Waals surface area (Å²) in [5, 5.41) is 3.59. The van der Waals surface area contributed by atoms with Gasteiger partial charge in [0.25, 0.3) is 0 Å². The van der Waals surface area contributed by atoms with Gasteiger partial charge in [-0.25, -0.2) is 0 Å². The van der Waals surface area contributed by atoms with Crippen molar-refractivity contribution < 1.29 is 4.74 Å². The Morgan fingerprint density at radius 2 is 2.33 bits per heavy atom. The molecule has 1 aromatic carbocycles. The monoisotopic (exact) mass is 205 g/mol. The van der Waals surface area contributed by atoms with E-state index in [1.54, 1.807) is 7.11 Å². The SMILES string of the molecule is COCCC1CCc2ccc(C)cc2N1. The standard InChI is InChI=1S/C13H19NO/c1-10-3-4-11-5-6-12(7-8-15-2)14-13(11)9-10/h3-4,9,12,14H,5-8H2,1-2H3. The smallest absolute Gasteiger partial charge is 0.0481 e. The molecule has 0 aliphatic carbocycles. The molecular formula is C13H19NO. The van der Waals surface area contributed by atoms with E-state index in [2.05, 4.69) is 30.4 Å². The van der Waals surface area contributed by atoms with E-state index in [1.807, 2.05) is 0 Å². The molecule has 0 aromatic heterocycles. The molecule has 1 aliphatic heterocycles. The molecule has 1 N–H and O–H groups in total. The molecule has 0 spiro atoms. The van der Waals surface area contributed by atoms with E-state index in [9.17, 15) is 0 Å². The summed E-state index contributed by atoms with van der Waals surface area (Å²) in [6, 6.07) is 7.26. The highest BCUT2D eigenvalue weighted by atomic mass is 16.5. The Bertz CT molecular complexity index is 335.